The van der Waals surface area contributed by atoms with Crippen molar-refractivity contribution in [2.75, 3.05) is 18.4 Å². The third kappa shape index (κ3) is 4.04. The van der Waals surface area contributed by atoms with E-state index >= 15 is 0 Å². The lowest BCUT2D eigenvalue weighted by molar-refractivity contribution is -0.133. The van der Waals surface area contributed by atoms with Crippen LogP contribution in [0.3, 0.4) is 0 Å². The summed E-state index contributed by atoms with van der Waals surface area (Å²) in [4.78, 5) is 26.7. The Bertz CT molecular complexity index is 770. The van der Waals surface area contributed by atoms with E-state index in [1.807, 2.05) is 21.7 Å². The fourth-order valence-electron chi connectivity index (χ4n) is 4.11. The average Bonchev–Trinajstić information content (AvgIpc) is 3.44. The van der Waals surface area contributed by atoms with Crippen LogP contribution in [-0.4, -0.2) is 49.4 Å². The number of likely N-dealkylation sites (tertiary alicyclic amines) is 1. The number of nitrogens with one attached hydrogen (secondary N) is 1. The van der Waals surface area contributed by atoms with Crippen LogP contribution < -0.4 is 5.32 Å². The van der Waals surface area contributed by atoms with Crippen LogP contribution in [0.5, 0.6) is 0 Å². The zero-order valence-electron chi connectivity index (χ0n) is 15.5. The largest absolute Gasteiger partial charge is 0.341 e. The lowest BCUT2D eigenvalue weighted by Crippen LogP contribution is -2.41. The second kappa shape index (κ2) is 7.94. The van der Waals surface area contributed by atoms with E-state index < -0.39 is 0 Å². The number of nitrogens with zero attached hydrogens (tertiary/aromatic N) is 5. The molecule has 2 aromatic rings. The van der Waals surface area contributed by atoms with Crippen LogP contribution in [0.2, 0.25) is 0 Å². The summed E-state index contributed by atoms with van der Waals surface area (Å²) in [5.74, 6) is 1.11. The Morgan fingerprint density at radius 3 is 2.56 bits per heavy atom. The van der Waals surface area contributed by atoms with Gasteiger partial charge in [-0.25, -0.2) is 4.68 Å². The first kappa shape index (κ1) is 17.8. The van der Waals surface area contributed by atoms with E-state index in [9.17, 15) is 9.59 Å². The normalized spacial score (nSPS) is 18.7. The van der Waals surface area contributed by atoms with Gasteiger partial charge in [-0.3, -0.25) is 14.3 Å². The van der Waals surface area contributed by atoms with E-state index in [4.69, 9.17) is 0 Å². The molecule has 8 nitrogen and oxygen atoms in total. The molecule has 3 heterocycles. The van der Waals surface area contributed by atoms with Gasteiger partial charge in [0.25, 0.3) is 0 Å². The number of carbonyl (C=O) groups excluding carboxylic acids is 2. The molecule has 0 spiro atoms. The minimum Gasteiger partial charge on any atom is -0.341 e. The van der Waals surface area contributed by atoms with Gasteiger partial charge < -0.3 is 10.2 Å². The summed E-state index contributed by atoms with van der Waals surface area (Å²) < 4.78 is 3.57. The van der Waals surface area contributed by atoms with Crippen molar-refractivity contribution < 1.29 is 9.59 Å². The molecule has 1 saturated carbocycles. The number of hydrogen-bond donors (Lipinski definition) is 1. The zero-order chi connectivity index (χ0) is 18.6. The van der Waals surface area contributed by atoms with Crippen molar-refractivity contribution in [3.05, 3.63) is 30.7 Å². The number of aromatic nitrogens is 4. The van der Waals surface area contributed by atoms with Crippen LogP contribution in [0.1, 0.15) is 44.6 Å². The molecule has 0 atom stereocenters. The van der Waals surface area contributed by atoms with Crippen molar-refractivity contribution in [2.24, 2.45) is 5.92 Å². The maximum atomic E-state index is 12.4. The molecule has 1 saturated heterocycles. The molecule has 1 N–H and O–H groups in total. The highest BCUT2D eigenvalue weighted by Gasteiger charge is 2.27. The molecule has 8 heteroatoms. The van der Waals surface area contributed by atoms with Gasteiger partial charge in [0.05, 0.1) is 12.2 Å². The second-order valence-corrected chi connectivity index (χ2v) is 7.45. The molecule has 4 rings (SSSR count). The summed E-state index contributed by atoms with van der Waals surface area (Å²) in [5.41, 5.74) is 0. The predicted molar refractivity (Wildman–Crippen MR) is 99.9 cm³/mol. The van der Waals surface area contributed by atoms with Gasteiger partial charge in [-0.15, -0.1) is 0 Å². The summed E-state index contributed by atoms with van der Waals surface area (Å²) in [7, 11) is 0. The molecule has 2 aromatic heterocycles. The van der Waals surface area contributed by atoms with Crippen LogP contribution in [0.15, 0.2) is 30.7 Å². The molecular formula is C19H26N6O2. The standard InChI is InChI=1S/C19H26N6O2/c26-18(14-24-11-3-9-20-24)23-12-7-16(8-13-23)25-17(6-10-21-25)22-19(27)15-4-1-2-5-15/h3,6,9-11,15-16H,1-2,4-5,7-8,12-14H2,(H,22,27). The van der Waals surface area contributed by atoms with Crippen LogP contribution >= 0.6 is 0 Å². The van der Waals surface area contributed by atoms with E-state index in [2.05, 4.69) is 15.5 Å². The monoisotopic (exact) mass is 370 g/mol. The lowest BCUT2D eigenvalue weighted by Gasteiger charge is -2.32. The van der Waals surface area contributed by atoms with E-state index in [0.29, 0.717) is 13.1 Å². The fraction of sp³-hybridized carbons (Fsp3) is 0.579. The van der Waals surface area contributed by atoms with Gasteiger partial charge in [0.2, 0.25) is 11.8 Å². The molecule has 1 aliphatic heterocycles. The molecule has 0 bridgehead atoms. The minimum atomic E-state index is 0.0902. The Morgan fingerprint density at radius 2 is 1.85 bits per heavy atom. The highest BCUT2D eigenvalue weighted by Crippen LogP contribution is 2.28. The predicted octanol–water partition coefficient (Wildman–Crippen LogP) is 2.07. The molecule has 2 fully saturated rings. The van der Waals surface area contributed by atoms with Crippen molar-refractivity contribution in [3.63, 3.8) is 0 Å². The fourth-order valence-corrected chi connectivity index (χ4v) is 4.11. The van der Waals surface area contributed by atoms with E-state index in [-0.39, 0.29) is 30.3 Å². The Kier molecular flexibility index (Phi) is 5.22. The quantitative estimate of drug-likeness (QED) is 0.873. The first-order chi connectivity index (χ1) is 13.2. The molecule has 144 valence electrons. The zero-order valence-corrected chi connectivity index (χ0v) is 15.5. The van der Waals surface area contributed by atoms with Crippen LogP contribution in [-0.2, 0) is 16.1 Å². The van der Waals surface area contributed by atoms with E-state index in [1.165, 1.54) is 0 Å². The second-order valence-electron chi connectivity index (χ2n) is 7.45. The average molecular weight is 370 g/mol. The maximum Gasteiger partial charge on any atom is 0.244 e. The molecule has 27 heavy (non-hydrogen) atoms. The molecule has 2 aliphatic rings. The third-order valence-corrected chi connectivity index (χ3v) is 5.67. The van der Waals surface area contributed by atoms with Crippen LogP contribution in [0, 0.1) is 5.92 Å². The smallest absolute Gasteiger partial charge is 0.244 e. The molecule has 0 radical (unpaired) electrons. The first-order valence-corrected chi connectivity index (χ1v) is 9.80. The Labute approximate surface area is 158 Å². The van der Waals surface area contributed by atoms with Crippen LogP contribution in [0.25, 0.3) is 0 Å². The molecular weight excluding hydrogens is 344 g/mol. The SMILES string of the molecule is O=C(Nc1ccnn1C1CCN(C(=O)Cn2cccn2)CC1)C1CCCC1. The van der Waals surface area contributed by atoms with Gasteiger partial charge in [0.15, 0.2) is 0 Å². The van der Waals surface area contributed by atoms with Gasteiger partial charge in [0.1, 0.15) is 12.4 Å². The van der Waals surface area contributed by atoms with Gasteiger partial charge in [-0.1, -0.05) is 12.8 Å². The summed E-state index contributed by atoms with van der Waals surface area (Å²) >= 11 is 0. The van der Waals surface area contributed by atoms with Gasteiger partial charge in [-0.05, 0) is 31.7 Å². The summed E-state index contributed by atoms with van der Waals surface area (Å²) in [5, 5.41) is 11.6. The minimum absolute atomic E-state index is 0.0902. The summed E-state index contributed by atoms with van der Waals surface area (Å²) in [6, 6.07) is 3.88. The first-order valence-electron chi connectivity index (χ1n) is 9.80. The summed E-state index contributed by atoms with van der Waals surface area (Å²) in [6.45, 7) is 1.67. The van der Waals surface area contributed by atoms with Crippen molar-refractivity contribution >= 4 is 17.6 Å². The lowest BCUT2D eigenvalue weighted by atomic mass is 10.0. The third-order valence-electron chi connectivity index (χ3n) is 5.67. The number of carbonyl (C=O) groups is 2. The maximum absolute atomic E-state index is 12.4. The topological polar surface area (TPSA) is 85.0 Å². The van der Waals surface area contributed by atoms with Gasteiger partial charge >= 0.3 is 0 Å². The van der Waals surface area contributed by atoms with Gasteiger partial charge in [-0.2, -0.15) is 10.2 Å². The van der Waals surface area contributed by atoms with Crippen molar-refractivity contribution in [1.82, 2.24) is 24.5 Å². The highest BCUT2D eigenvalue weighted by molar-refractivity contribution is 5.91. The number of piperidine rings is 1. The Hall–Kier alpha value is -2.64. The molecule has 0 unspecified atom stereocenters. The highest BCUT2D eigenvalue weighted by atomic mass is 16.2. The van der Waals surface area contributed by atoms with Crippen molar-refractivity contribution in [3.8, 4) is 0 Å². The number of anilines is 1. The molecule has 1 aliphatic carbocycles. The molecule has 0 aromatic carbocycles. The van der Waals surface area contributed by atoms with Crippen molar-refractivity contribution in [2.45, 2.75) is 51.1 Å². The molecule has 2 amide bonds. The summed E-state index contributed by atoms with van der Waals surface area (Å²) in [6.07, 6.45) is 11.1. The number of amides is 2. The number of rotatable bonds is 5. The van der Waals surface area contributed by atoms with Crippen molar-refractivity contribution in [1.29, 1.82) is 0 Å². The van der Waals surface area contributed by atoms with E-state index in [1.54, 1.807) is 23.3 Å². The Balaban J connectivity index is 1.32. The van der Waals surface area contributed by atoms with E-state index in [0.717, 1.165) is 44.3 Å². The van der Waals surface area contributed by atoms with Gasteiger partial charge in [0, 0.05) is 37.5 Å². The Morgan fingerprint density at radius 1 is 1.07 bits per heavy atom. The number of hydrogen-bond acceptors (Lipinski definition) is 4. The van der Waals surface area contributed by atoms with Crippen LogP contribution in [0.4, 0.5) is 5.82 Å².